The first-order valence-corrected chi connectivity index (χ1v) is 6.83. The third kappa shape index (κ3) is 3.48. The summed E-state index contributed by atoms with van der Waals surface area (Å²) in [5.74, 6) is 0. The lowest BCUT2D eigenvalue weighted by Gasteiger charge is -2.19. The predicted octanol–water partition coefficient (Wildman–Crippen LogP) is 1.96. The van der Waals surface area contributed by atoms with Crippen molar-refractivity contribution in [3.05, 3.63) is 5.21 Å². The van der Waals surface area contributed by atoms with Crippen LogP contribution in [0.5, 0.6) is 0 Å². The van der Waals surface area contributed by atoms with Crippen molar-refractivity contribution in [2.24, 2.45) is 0 Å². The third-order valence-electron chi connectivity index (χ3n) is 3.40. The van der Waals surface area contributed by atoms with Crippen LogP contribution in [0.1, 0.15) is 52.9 Å². The molecule has 0 saturated heterocycles. The second-order valence-electron chi connectivity index (χ2n) is 6.02. The normalized spacial score (nSPS) is 19.4. The fourth-order valence-electron chi connectivity index (χ4n) is 2.25. The molecule has 1 aliphatic rings. The van der Waals surface area contributed by atoms with Gasteiger partial charge in [0.1, 0.15) is 0 Å². The average Bonchev–Trinajstić information content (AvgIpc) is 2.43. The highest BCUT2D eigenvalue weighted by atomic mass is 16.5. The third-order valence-corrected chi connectivity index (χ3v) is 3.40. The minimum absolute atomic E-state index is 0.199. The predicted molar refractivity (Wildman–Crippen MR) is 73.5 cm³/mol. The summed E-state index contributed by atoms with van der Waals surface area (Å²) in [6.45, 7) is 4.94. The van der Waals surface area contributed by atoms with E-state index in [0.717, 1.165) is 36.8 Å². The Morgan fingerprint density at radius 1 is 1.10 bits per heavy atom. The molecule has 0 radical (unpaired) electrons. The van der Waals surface area contributed by atoms with Crippen LogP contribution in [0.3, 0.4) is 0 Å². The SMILES string of the molecule is CC(C)(C)/[N+]([O-])=C(C#N)/C(C#N)=[N+](\O)C1CCCCC1. The van der Waals surface area contributed by atoms with Crippen molar-refractivity contribution in [2.75, 3.05) is 0 Å². The zero-order valence-corrected chi connectivity index (χ0v) is 12.3. The van der Waals surface area contributed by atoms with Gasteiger partial charge in [-0.3, -0.25) is 5.21 Å². The van der Waals surface area contributed by atoms with E-state index in [1.54, 1.807) is 32.9 Å². The van der Waals surface area contributed by atoms with Crippen molar-refractivity contribution in [3.63, 3.8) is 0 Å². The highest BCUT2D eigenvalue weighted by molar-refractivity contribution is 6.49. The number of hydrogen-bond acceptors (Lipinski definition) is 4. The standard InChI is InChI=1S/C14H21N4O2/c1-14(2,3)18(20)13(10-16)12(9-15)17(19)11-7-5-4-6-8-11/h11,19H,4-8H2,1-3H3/q+1/b17-12-,18-13-. The Hall–Kier alpha value is -2.08. The van der Waals surface area contributed by atoms with Crippen molar-refractivity contribution in [1.82, 2.24) is 0 Å². The van der Waals surface area contributed by atoms with Gasteiger partial charge in [-0.1, -0.05) is 6.42 Å². The summed E-state index contributed by atoms with van der Waals surface area (Å²) in [5.41, 5.74) is -1.45. The smallest absolute Gasteiger partial charge is 0.410 e. The first kappa shape index (κ1) is 16.0. The maximum absolute atomic E-state index is 12.1. The van der Waals surface area contributed by atoms with Gasteiger partial charge in [-0.25, -0.2) is 0 Å². The molecule has 0 aromatic heterocycles. The first-order chi connectivity index (χ1) is 9.32. The highest BCUT2D eigenvalue weighted by Gasteiger charge is 2.37. The Kier molecular flexibility index (Phi) is 5.10. The lowest BCUT2D eigenvalue weighted by atomic mass is 9.95. The molecule has 0 bridgehead atoms. The Morgan fingerprint density at radius 2 is 1.60 bits per heavy atom. The second-order valence-corrected chi connectivity index (χ2v) is 6.02. The van der Waals surface area contributed by atoms with Gasteiger partial charge in [0.15, 0.2) is 17.7 Å². The minimum atomic E-state index is -0.847. The summed E-state index contributed by atoms with van der Waals surface area (Å²) in [7, 11) is 0. The van der Waals surface area contributed by atoms with E-state index in [1.807, 2.05) is 0 Å². The maximum atomic E-state index is 12.1. The van der Waals surface area contributed by atoms with E-state index in [4.69, 9.17) is 0 Å². The van der Waals surface area contributed by atoms with Crippen molar-refractivity contribution in [1.29, 1.82) is 10.5 Å². The van der Waals surface area contributed by atoms with Gasteiger partial charge >= 0.3 is 11.4 Å². The monoisotopic (exact) mass is 277 g/mol. The molecule has 1 N–H and O–H groups in total. The van der Waals surface area contributed by atoms with Crippen LogP contribution in [0, 0.1) is 27.9 Å². The molecule has 0 aromatic rings. The minimum Gasteiger partial charge on any atom is -0.622 e. The molecule has 0 aliphatic heterocycles. The molecule has 1 saturated carbocycles. The zero-order valence-electron chi connectivity index (χ0n) is 12.3. The average molecular weight is 277 g/mol. The number of hydroxylamine groups is 2. The van der Waals surface area contributed by atoms with Crippen LogP contribution in [-0.4, -0.2) is 37.7 Å². The van der Waals surface area contributed by atoms with Gasteiger partial charge in [0, 0.05) is 33.6 Å². The van der Waals surface area contributed by atoms with Crippen LogP contribution in [0.2, 0.25) is 0 Å². The van der Waals surface area contributed by atoms with Crippen LogP contribution in [0.4, 0.5) is 0 Å². The number of nitriles is 2. The molecule has 20 heavy (non-hydrogen) atoms. The summed E-state index contributed by atoms with van der Waals surface area (Å²) in [4.78, 5) is 0. The van der Waals surface area contributed by atoms with Crippen LogP contribution in [0.15, 0.2) is 0 Å². The molecule has 1 aliphatic carbocycles. The maximum Gasteiger partial charge on any atom is 0.410 e. The van der Waals surface area contributed by atoms with Gasteiger partial charge in [0.25, 0.3) is 0 Å². The van der Waals surface area contributed by atoms with Gasteiger partial charge in [-0.05, 0) is 17.6 Å². The second kappa shape index (κ2) is 6.38. The quantitative estimate of drug-likeness (QED) is 0.274. The Bertz CT molecular complexity index is 509. The molecule has 1 rings (SSSR count). The van der Waals surface area contributed by atoms with Gasteiger partial charge < -0.3 is 5.21 Å². The van der Waals surface area contributed by atoms with Gasteiger partial charge in [-0.15, -0.1) is 0 Å². The lowest BCUT2D eigenvalue weighted by Crippen LogP contribution is -2.41. The molecule has 0 aromatic carbocycles. The van der Waals surface area contributed by atoms with Crippen molar-refractivity contribution >= 4 is 11.4 Å². The van der Waals surface area contributed by atoms with Crippen molar-refractivity contribution in [3.8, 4) is 12.1 Å². The summed E-state index contributed by atoms with van der Waals surface area (Å²) in [6, 6.07) is 3.34. The molecule has 0 unspecified atom stereocenters. The van der Waals surface area contributed by atoms with E-state index in [2.05, 4.69) is 0 Å². The van der Waals surface area contributed by atoms with E-state index in [9.17, 15) is 20.9 Å². The van der Waals surface area contributed by atoms with Gasteiger partial charge in [-0.2, -0.15) is 15.3 Å². The van der Waals surface area contributed by atoms with Crippen LogP contribution < -0.4 is 0 Å². The van der Waals surface area contributed by atoms with Crippen molar-refractivity contribution in [2.45, 2.75) is 64.5 Å². The van der Waals surface area contributed by atoms with Crippen molar-refractivity contribution < 1.29 is 14.7 Å². The van der Waals surface area contributed by atoms with E-state index in [-0.39, 0.29) is 17.5 Å². The van der Waals surface area contributed by atoms with Gasteiger partial charge in [0.2, 0.25) is 6.04 Å². The summed E-state index contributed by atoms with van der Waals surface area (Å²) in [6.07, 6.45) is 4.58. The molecular formula is C14H21N4O2+. The van der Waals surface area contributed by atoms with E-state index in [1.165, 1.54) is 0 Å². The topological polar surface area (TPSA) is 96.9 Å². The van der Waals surface area contributed by atoms with Crippen LogP contribution >= 0.6 is 0 Å². The van der Waals surface area contributed by atoms with Crippen LogP contribution in [0.25, 0.3) is 0 Å². The fraction of sp³-hybridized carbons (Fsp3) is 0.714. The number of rotatable bonds is 2. The molecule has 108 valence electrons. The summed E-state index contributed by atoms with van der Waals surface area (Å²) in [5, 5.41) is 40.7. The Morgan fingerprint density at radius 3 is 2.00 bits per heavy atom. The summed E-state index contributed by atoms with van der Waals surface area (Å²) < 4.78 is 1.30. The Balaban J connectivity index is 3.30. The van der Waals surface area contributed by atoms with E-state index < -0.39 is 5.54 Å². The molecule has 0 atom stereocenters. The van der Waals surface area contributed by atoms with E-state index >= 15 is 0 Å². The lowest BCUT2D eigenvalue weighted by molar-refractivity contribution is -0.799. The van der Waals surface area contributed by atoms with Gasteiger partial charge in [0.05, 0.1) is 0 Å². The van der Waals surface area contributed by atoms with E-state index in [0.29, 0.717) is 4.74 Å². The summed E-state index contributed by atoms with van der Waals surface area (Å²) >= 11 is 0. The zero-order chi connectivity index (χ0) is 15.3. The first-order valence-electron chi connectivity index (χ1n) is 6.83. The molecule has 0 heterocycles. The molecule has 6 heteroatoms. The largest absolute Gasteiger partial charge is 0.622 e. The fourth-order valence-corrected chi connectivity index (χ4v) is 2.25. The highest BCUT2D eigenvalue weighted by Crippen LogP contribution is 2.19. The Labute approximate surface area is 119 Å². The molecule has 0 amide bonds. The molecule has 6 nitrogen and oxygen atoms in total. The molecular weight excluding hydrogens is 256 g/mol. The number of hydrogen-bond donors (Lipinski definition) is 1. The van der Waals surface area contributed by atoms with Crippen LogP contribution in [-0.2, 0) is 0 Å². The number of nitrogens with zero attached hydrogens (tertiary/aromatic N) is 4. The molecule has 0 spiro atoms. The molecule has 1 fully saturated rings.